The van der Waals surface area contributed by atoms with Gasteiger partial charge in [-0.2, -0.15) is 5.26 Å². The average molecular weight is 269 g/mol. The number of rotatable bonds is 3. The zero-order chi connectivity index (χ0) is 13.1. The minimum Gasteiger partial charge on any atom is -0.493 e. The van der Waals surface area contributed by atoms with Gasteiger partial charge in [0.05, 0.1) is 18.1 Å². The van der Waals surface area contributed by atoms with Gasteiger partial charge in [-0.25, -0.2) is 0 Å². The molecule has 0 bridgehead atoms. The smallest absolute Gasteiger partial charge is 0.124 e. The van der Waals surface area contributed by atoms with Gasteiger partial charge in [0.2, 0.25) is 0 Å². The van der Waals surface area contributed by atoms with Gasteiger partial charge in [-0.15, -0.1) is 11.3 Å². The van der Waals surface area contributed by atoms with Crippen molar-refractivity contribution >= 4 is 11.3 Å². The van der Waals surface area contributed by atoms with E-state index in [0.717, 1.165) is 30.6 Å². The van der Waals surface area contributed by atoms with Crippen LogP contribution < -0.4 is 4.74 Å². The summed E-state index contributed by atoms with van der Waals surface area (Å²) in [6.45, 7) is 0.634. The average Bonchev–Trinajstić information content (AvgIpc) is 2.98. The molecule has 1 atom stereocenters. The molecular formula is C16H15NOS. The molecule has 1 aromatic heterocycles. The Kier molecular flexibility index (Phi) is 3.27. The van der Waals surface area contributed by atoms with Crippen LogP contribution in [0.1, 0.15) is 23.3 Å². The van der Waals surface area contributed by atoms with E-state index < -0.39 is 5.41 Å². The Morgan fingerprint density at radius 1 is 1.26 bits per heavy atom. The summed E-state index contributed by atoms with van der Waals surface area (Å²) in [5.74, 6) is 0.876. The van der Waals surface area contributed by atoms with Gasteiger partial charge < -0.3 is 4.74 Å². The number of nitrogens with zero attached hydrogens (tertiary/aromatic N) is 1. The van der Waals surface area contributed by atoms with E-state index >= 15 is 0 Å². The van der Waals surface area contributed by atoms with Crippen LogP contribution in [0, 0.1) is 11.3 Å². The van der Waals surface area contributed by atoms with Crippen LogP contribution >= 0.6 is 11.3 Å². The van der Waals surface area contributed by atoms with Crippen LogP contribution in [0.3, 0.4) is 0 Å². The van der Waals surface area contributed by atoms with Crippen molar-refractivity contribution in [3.63, 3.8) is 0 Å². The van der Waals surface area contributed by atoms with Crippen molar-refractivity contribution in [3.8, 4) is 11.8 Å². The van der Waals surface area contributed by atoms with E-state index in [1.54, 1.807) is 11.3 Å². The van der Waals surface area contributed by atoms with Gasteiger partial charge in [-0.3, -0.25) is 0 Å². The van der Waals surface area contributed by atoms with Crippen LogP contribution in [0.25, 0.3) is 0 Å². The molecule has 1 unspecified atom stereocenters. The quantitative estimate of drug-likeness (QED) is 0.846. The molecule has 1 aromatic carbocycles. The monoisotopic (exact) mass is 269 g/mol. The number of fused-ring (bicyclic) bond motifs is 1. The number of benzene rings is 1. The molecule has 0 aliphatic carbocycles. The first-order valence-electron chi connectivity index (χ1n) is 6.50. The van der Waals surface area contributed by atoms with Crippen LogP contribution in [-0.2, 0) is 11.8 Å². The highest BCUT2D eigenvalue weighted by Gasteiger charge is 2.37. The molecule has 2 aromatic rings. The number of para-hydroxylation sites is 1. The minimum absolute atomic E-state index is 0.390. The van der Waals surface area contributed by atoms with Crippen LogP contribution in [0.15, 0.2) is 41.8 Å². The zero-order valence-electron chi connectivity index (χ0n) is 10.6. The van der Waals surface area contributed by atoms with Gasteiger partial charge in [0, 0.05) is 16.9 Å². The lowest BCUT2D eigenvalue weighted by Crippen LogP contribution is -2.32. The fraction of sp³-hybridized carbons (Fsp3) is 0.312. The Morgan fingerprint density at radius 2 is 2.16 bits per heavy atom. The van der Waals surface area contributed by atoms with Crippen molar-refractivity contribution in [2.24, 2.45) is 0 Å². The lowest BCUT2D eigenvalue weighted by atomic mass is 9.74. The van der Waals surface area contributed by atoms with Gasteiger partial charge in [0.1, 0.15) is 5.75 Å². The van der Waals surface area contributed by atoms with E-state index in [0.29, 0.717) is 6.61 Å². The van der Waals surface area contributed by atoms with Crippen molar-refractivity contribution in [2.75, 3.05) is 6.61 Å². The van der Waals surface area contributed by atoms with E-state index in [9.17, 15) is 5.26 Å². The van der Waals surface area contributed by atoms with Crippen molar-refractivity contribution in [3.05, 3.63) is 52.2 Å². The third kappa shape index (κ3) is 2.24. The van der Waals surface area contributed by atoms with Gasteiger partial charge >= 0.3 is 0 Å². The highest BCUT2D eigenvalue weighted by atomic mass is 32.1. The van der Waals surface area contributed by atoms with E-state index in [-0.39, 0.29) is 0 Å². The standard InChI is InChI=1S/C16H15NOS/c17-12-16(8-7-13-4-3-11-19-13)9-10-18-15-6-2-1-5-14(15)16/h1-6,11H,7-10H2. The zero-order valence-corrected chi connectivity index (χ0v) is 11.5. The molecule has 96 valence electrons. The summed E-state index contributed by atoms with van der Waals surface area (Å²) in [6, 6.07) is 14.7. The van der Waals surface area contributed by atoms with Crippen molar-refractivity contribution in [1.82, 2.24) is 0 Å². The van der Waals surface area contributed by atoms with Crippen molar-refractivity contribution in [2.45, 2.75) is 24.7 Å². The first-order valence-corrected chi connectivity index (χ1v) is 7.38. The molecule has 0 saturated heterocycles. The van der Waals surface area contributed by atoms with Crippen LogP contribution in [-0.4, -0.2) is 6.61 Å². The minimum atomic E-state index is -0.390. The third-order valence-electron chi connectivity index (χ3n) is 3.78. The van der Waals surface area contributed by atoms with Crippen molar-refractivity contribution in [1.29, 1.82) is 5.26 Å². The molecule has 3 rings (SSSR count). The Morgan fingerprint density at radius 3 is 2.95 bits per heavy atom. The molecule has 0 saturated carbocycles. The molecule has 2 nitrogen and oxygen atoms in total. The number of nitriles is 1. The number of hydrogen-bond donors (Lipinski definition) is 0. The maximum Gasteiger partial charge on any atom is 0.124 e. The normalized spacial score (nSPS) is 21.2. The van der Waals surface area contributed by atoms with Crippen molar-refractivity contribution < 1.29 is 4.74 Å². The second-order valence-corrected chi connectivity index (χ2v) is 5.90. The highest BCUT2D eigenvalue weighted by molar-refractivity contribution is 7.09. The molecule has 2 heterocycles. The molecule has 3 heteroatoms. The topological polar surface area (TPSA) is 33.0 Å². The summed E-state index contributed by atoms with van der Waals surface area (Å²) in [4.78, 5) is 1.35. The molecule has 1 aliphatic rings. The van der Waals surface area contributed by atoms with Crippen LogP contribution in [0.4, 0.5) is 0 Å². The maximum atomic E-state index is 9.71. The maximum absolute atomic E-state index is 9.71. The van der Waals surface area contributed by atoms with E-state index in [4.69, 9.17) is 4.74 Å². The second-order valence-electron chi connectivity index (χ2n) is 4.87. The molecule has 0 fully saturated rings. The molecule has 0 radical (unpaired) electrons. The molecule has 0 N–H and O–H groups in total. The largest absolute Gasteiger partial charge is 0.493 e. The molecular weight excluding hydrogens is 254 g/mol. The summed E-state index contributed by atoms with van der Waals surface area (Å²) in [5.41, 5.74) is 0.666. The van der Waals surface area contributed by atoms with E-state index in [2.05, 4.69) is 23.6 Å². The number of thiophene rings is 1. The predicted molar refractivity (Wildman–Crippen MR) is 76.5 cm³/mol. The third-order valence-corrected chi connectivity index (χ3v) is 4.72. The van der Waals surface area contributed by atoms with Gasteiger partial charge in [0.25, 0.3) is 0 Å². The van der Waals surface area contributed by atoms with E-state index in [1.165, 1.54) is 4.88 Å². The van der Waals surface area contributed by atoms with Gasteiger partial charge in [0.15, 0.2) is 0 Å². The summed E-state index contributed by atoms with van der Waals surface area (Å²) in [5, 5.41) is 11.8. The SMILES string of the molecule is N#CC1(CCc2cccs2)CCOc2ccccc21. The molecule has 0 amide bonds. The molecule has 1 aliphatic heterocycles. The number of ether oxygens (including phenoxy) is 1. The van der Waals surface area contributed by atoms with Crippen LogP contribution in [0.2, 0.25) is 0 Å². The predicted octanol–water partition coefficient (Wildman–Crippen LogP) is 3.92. The number of hydrogen-bond acceptors (Lipinski definition) is 3. The Balaban J connectivity index is 1.90. The van der Waals surface area contributed by atoms with E-state index in [1.807, 2.05) is 24.3 Å². The Labute approximate surface area is 117 Å². The first-order chi connectivity index (χ1) is 9.34. The Bertz CT molecular complexity index is 599. The summed E-state index contributed by atoms with van der Waals surface area (Å²) in [7, 11) is 0. The molecule has 19 heavy (non-hydrogen) atoms. The Hall–Kier alpha value is -1.79. The lowest BCUT2D eigenvalue weighted by molar-refractivity contribution is 0.236. The summed E-state index contributed by atoms with van der Waals surface area (Å²) < 4.78 is 5.67. The first kappa shape index (κ1) is 12.3. The fourth-order valence-corrected chi connectivity index (χ4v) is 3.39. The highest BCUT2D eigenvalue weighted by Crippen LogP contribution is 2.41. The summed E-state index contributed by atoms with van der Waals surface area (Å²) >= 11 is 1.76. The lowest BCUT2D eigenvalue weighted by Gasteiger charge is -2.33. The molecule has 0 spiro atoms. The van der Waals surface area contributed by atoms with Gasteiger partial charge in [-0.05, 0) is 30.4 Å². The fourth-order valence-electron chi connectivity index (χ4n) is 2.68. The summed E-state index contributed by atoms with van der Waals surface area (Å²) in [6.07, 6.45) is 2.61. The van der Waals surface area contributed by atoms with Gasteiger partial charge in [-0.1, -0.05) is 24.3 Å². The second kappa shape index (κ2) is 5.07. The number of aryl methyl sites for hydroxylation is 1. The van der Waals surface area contributed by atoms with Crippen LogP contribution in [0.5, 0.6) is 5.75 Å².